The van der Waals surface area contributed by atoms with Crippen LogP contribution in [0.4, 0.5) is 4.39 Å². The molecule has 1 heterocycles. The van der Waals surface area contributed by atoms with Gasteiger partial charge in [-0.1, -0.05) is 18.2 Å². The molecule has 0 saturated heterocycles. The van der Waals surface area contributed by atoms with Gasteiger partial charge in [-0.15, -0.1) is 0 Å². The fraction of sp³-hybridized carbons (Fsp3) is 0.211. The molecule has 2 amide bonds. The lowest BCUT2D eigenvalue weighted by Crippen LogP contribution is -2.42. The van der Waals surface area contributed by atoms with E-state index in [1.54, 1.807) is 24.3 Å². The second-order valence-corrected chi connectivity index (χ2v) is 5.88. The SMILES string of the molecule is CCn1c(C)nc2cc(C(=O)NNC(=O)Cc3ccccc3F)ccc21. The van der Waals surface area contributed by atoms with Crippen molar-refractivity contribution in [2.75, 3.05) is 0 Å². The number of carbonyl (C=O) groups excluding carboxylic acids is 2. The predicted octanol–water partition coefficient (Wildman–Crippen LogP) is 2.51. The van der Waals surface area contributed by atoms with Crippen LogP contribution in [0.3, 0.4) is 0 Å². The third-order valence-electron chi connectivity index (χ3n) is 4.14. The Morgan fingerprint density at radius 2 is 1.92 bits per heavy atom. The van der Waals surface area contributed by atoms with Crippen LogP contribution in [-0.4, -0.2) is 21.4 Å². The lowest BCUT2D eigenvalue weighted by molar-refractivity contribution is -0.121. The van der Waals surface area contributed by atoms with Crippen LogP contribution in [0.1, 0.15) is 28.7 Å². The Hall–Kier alpha value is -3.22. The first-order valence-electron chi connectivity index (χ1n) is 8.29. The Labute approximate surface area is 150 Å². The number of imidazole rings is 1. The van der Waals surface area contributed by atoms with Gasteiger partial charge in [-0.05, 0) is 43.7 Å². The third-order valence-corrected chi connectivity index (χ3v) is 4.14. The molecule has 26 heavy (non-hydrogen) atoms. The van der Waals surface area contributed by atoms with Crippen molar-refractivity contribution in [1.82, 2.24) is 20.4 Å². The van der Waals surface area contributed by atoms with Gasteiger partial charge in [0.1, 0.15) is 11.6 Å². The number of hydrazine groups is 1. The average Bonchev–Trinajstić information content (AvgIpc) is 2.95. The Morgan fingerprint density at radius 3 is 2.65 bits per heavy atom. The lowest BCUT2D eigenvalue weighted by Gasteiger charge is -2.08. The van der Waals surface area contributed by atoms with Gasteiger partial charge in [0.2, 0.25) is 5.91 Å². The van der Waals surface area contributed by atoms with Crippen LogP contribution >= 0.6 is 0 Å². The highest BCUT2D eigenvalue weighted by molar-refractivity contribution is 5.98. The molecule has 1 aromatic heterocycles. The van der Waals surface area contributed by atoms with Crippen molar-refractivity contribution in [3.8, 4) is 0 Å². The molecule has 3 rings (SSSR count). The van der Waals surface area contributed by atoms with Gasteiger partial charge in [-0.3, -0.25) is 20.4 Å². The zero-order valence-electron chi connectivity index (χ0n) is 14.5. The number of carbonyl (C=O) groups is 2. The van der Waals surface area contributed by atoms with Crippen LogP contribution in [0.2, 0.25) is 0 Å². The van der Waals surface area contributed by atoms with Crippen molar-refractivity contribution < 1.29 is 14.0 Å². The number of hydrogen-bond acceptors (Lipinski definition) is 3. The van der Waals surface area contributed by atoms with E-state index in [1.807, 2.05) is 24.5 Å². The zero-order valence-corrected chi connectivity index (χ0v) is 14.5. The highest BCUT2D eigenvalue weighted by Gasteiger charge is 2.12. The molecule has 0 aliphatic carbocycles. The summed E-state index contributed by atoms with van der Waals surface area (Å²) in [5.41, 5.74) is 6.96. The number of aryl methyl sites for hydroxylation is 2. The van der Waals surface area contributed by atoms with E-state index < -0.39 is 17.6 Å². The molecule has 7 heteroatoms. The average molecular weight is 354 g/mol. The van der Waals surface area contributed by atoms with Gasteiger partial charge < -0.3 is 4.57 Å². The molecule has 0 fully saturated rings. The molecule has 0 bridgehead atoms. The van der Waals surface area contributed by atoms with Gasteiger partial charge >= 0.3 is 0 Å². The molecule has 2 N–H and O–H groups in total. The molecular weight excluding hydrogens is 335 g/mol. The fourth-order valence-corrected chi connectivity index (χ4v) is 2.85. The minimum Gasteiger partial charge on any atom is -0.329 e. The molecular formula is C19H19FN4O2. The summed E-state index contributed by atoms with van der Waals surface area (Å²) >= 11 is 0. The van der Waals surface area contributed by atoms with Crippen LogP contribution in [0, 0.1) is 12.7 Å². The summed E-state index contributed by atoms with van der Waals surface area (Å²) in [6.07, 6.45) is -0.161. The Kier molecular flexibility index (Phi) is 4.97. The minimum absolute atomic E-state index is 0.161. The fourth-order valence-electron chi connectivity index (χ4n) is 2.85. The quantitative estimate of drug-likeness (QED) is 0.707. The molecule has 134 valence electrons. The van der Waals surface area contributed by atoms with E-state index in [4.69, 9.17) is 0 Å². The molecule has 6 nitrogen and oxygen atoms in total. The summed E-state index contributed by atoms with van der Waals surface area (Å²) in [6.45, 7) is 4.73. The van der Waals surface area contributed by atoms with Gasteiger partial charge in [0, 0.05) is 12.1 Å². The van der Waals surface area contributed by atoms with Gasteiger partial charge in [0.15, 0.2) is 0 Å². The normalized spacial score (nSPS) is 10.7. The summed E-state index contributed by atoms with van der Waals surface area (Å²) in [5.74, 6) is -0.548. The van der Waals surface area contributed by atoms with Crippen molar-refractivity contribution in [2.24, 2.45) is 0 Å². The molecule has 0 unspecified atom stereocenters. The molecule has 2 aromatic carbocycles. The maximum atomic E-state index is 13.5. The van der Waals surface area contributed by atoms with Crippen molar-refractivity contribution in [1.29, 1.82) is 0 Å². The predicted molar refractivity (Wildman–Crippen MR) is 95.9 cm³/mol. The topological polar surface area (TPSA) is 76.0 Å². The maximum absolute atomic E-state index is 13.5. The molecule has 3 aromatic rings. The van der Waals surface area contributed by atoms with Crippen LogP contribution in [0.5, 0.6) is 0 Å². The number of halogens is 1. The minimum atomic E-state index is -0.504. The van der Waals surface area contributed by atoms with Crippen molar-refractivity contribution in [2.45, 2.75) is 26.8 Å². The molecule has 0 radical (unpaired) electrons. The largest absolute Gasteiger partial charge is 0.329 e. The van der Waals surface area contributed by atoms with Crippen LogP contribution in [0.15, 0.2) is 42.5 Å². The van der Waals surface area contributed by atoms with Gasteiger partial charge in [0.05, 0.1) is 17.5 Å². The summed E-state index contributed by atoms with van der Waals surface area (Å²) in [4.78, 5) is 28.6. The van der Waals surface area contributed by atoms with E-state index in [-0.39, 0.29) is 12.0 Å². The van der Waals surface area contributed by atoms with Crippen molar-refractivity contribution in [3.63, 3.8) is 0 Å². The lowest BCUT2D eigenvalue weighted by atomic mass is 10.1. The Bertz CT molecular complexity index is 981. The molecule has 0 aliphatic heterocycles. The van der Waals surface area contributed by atoms with E-state index >= 15 is 0 Å². The monoisotopic (exact) mass is 354 g/mol. The standard InChI is InChI=1S/C19H19FN4O2/c1-3-24-12(2)21-16-10-14(8-9-17(16)24)19(26)23-22-18(25)11-13-6-4-5-7-15(13)20/h4-10H,3,11H2,1-2H3,(H,22,25)(H,23,26). The summed E-state index contributed by atoms with van der Waals surface area (Å²) in [7, 11) is 0. The number of hydrogen-bond donors (Lipinski definition) is 2. The Balaban J connectivity index is 1.65. The van der Waals surface area contributed by atoms with E-state index in [1.165, 1.54) is 12.1 Å². The number of nitrogens with zero attached hydrogens (tertiary/aromatic N) is 2. The first kappa shape index (κ1) is 17.6. The van der Waals surface area contributed by atoms with Gasteiger partial charge in [-0.2, -0.15) is 0 Å². The first-order chi connectivity index (χ1) is 12.5. The number of nitrogens with one attached hydrogen (secondary N) is 2. The highest BCUT2D eigenvalue weighted by atomic mass is 19.1. The summed E-state index contributed by atoms with van der Waals surface area (Å²) in [5, 5.41) is 0. The van der Waals surface area contributed by atoms with Crippen molar-refractivity contribution >= 4 is 22.8 Å². The highest BCUT2D eigenvalue weighted by Crippen LogP contribution is 2.17. The van der Waals surface area contributed by atoms with Gasteiger partial charge in [0.25, 0.3) is 5.91 Å². The number of rotatable bonds is 4. The number of benzene rings is 2. The van der Waals surface area contributed by atoms with Crippen LogP contribution in [-0.2, 0) is 17.8 Å². The summed E-state index contributed by atoms with van der Waals surface area (Å²) < 4.78 is 15.6. The molecule has 0 spiro atoms. The van der Waals surface area contributed by atoms with Gasteiger partial charge in [-0.25, -0.2) is 9.37 Å². The molecule has 0 atom stereocenters. The maximum Gasteiger partial charge on any atom is 0.269 e. The first-order valence-corrected chi connectivity index (χ1v) is 8.29. The van der Waals surface area contributed by atoms with Crippen LogP contribution < -0.4 is 10.9 Å². The molecule has 0 aliphatic rings. The summed E-state index contributed by atoms with van der Waals surface area (Å²) in [6, 6.07) is 11.2. The number of fused-ring (bicyclic) bond motifs is 1. The Morgan fingerprint density at radius 1 is 1.15 bits per heavy atom. The number of amides is 2. The van der Waals surface area contributed by atoms with E-state index in [2.05, 4.69) is 15.8 Å². The third kappa shape index (κ3) is 3.56. The zero-order chi connectivity index (χ0) is 18.7. The second-order valence-electron chi connectivity index (χ2n) is 5.88. The smallest absolute Gasteiger partial charge is 0.269 e. The van der Waals surface area contributed by atoms with Crippen LogP contribution in [0.25, 0.3) is 11.0 Å². The van der Waals surface area contributed by atoms with E-state index in [0.29, 0.717) is 5.56 Å². The van der Waals surface area contributed by atoms with E-state index in [0.717, 1.165) is 23.4 Å². The number of aromatic nitrogens is 2. The van der Waals surface area contributed by atoms with Crippen molar-refractivity contribution in [3.05, 3.63) is 65.2 Å². The molecule has 0 saturated carbocycles. The van der Waals surface area contributed by atoms with E-state index in [9.17, 15) is 14.0 Å². The second kappa shape index (κ2) is 7.35.